The summed E-state index contributed by atoms with van der Waals surface area (Å²) in [4.78, 5) is 32.3. The van der Waals surface area contributed by atoms with E-state index < -0.39 is 5.97 Å². The maximum Gasteiger partial charge on any atom is 0.329 e. The molecule has 7 heteroatoms. The van der Waals surface area contributed by atoms with Crippen molar-refractivity contribution >= 4 is 39.7 Å². The third-order valence-electron chi connectivity index (χ3n) is 3.86. The van der Waals surface area contributed by atoms with Crippen molar-refractivity contribution < 1.29 is 14.7 Å². The van der Waals surface area contributed by atoms with Gasteiger partial charge in [-0.1, -0.05) is 11.6 Å². The highest BCUT2D eigenvalue weighted by atomic mass is 32.2. The summed E-state index contributed by atoms with van der Waals surface area (Å²) in [6, 6.07) is 6.21. The Balaban J connectivity index is 1.81. The van der Waals surface area contributed by atoms with Gasteiger partial charge in [-0.25, -0.2) is 4.79 Å². The standard InChI is InChI=1S/C17H17N3O3S/c1-10-3-4-13-12(7-10)11(9-19-13)5-6-20-16(23)14(8-15(21)22)24-17(20)18-2/h3-4,7-9,19H,5-6H2,1-2H3,(H,21,22)/b14-8+,18-17?. The van der Waals surface area contributed by atoms with Gasteiger partial charge in [-0.15, -0.1) is 0 Å². The van der Waals surface area contributed by atoms with Crippen molar-refractivity contribution in [2.45, 2.75) is 13.3 Å². The number of carbonyl (C=O) groups excluding carboxylic acids is 1. The zero-order valence-corrected chi connectivity index (χ0v) is 14.2. The summed E-state index contributed by atoms with van der Waals surface area (Å²) in [6.45, 7) is 2.50. The highest BCUT2D eigenvalue weighted by Gasteiger charge is 2.33. The molecule has 3 rings (SSSR count). The fourth-order valence-corrected chi connectivity index (χ4v) is 3.64. The SMILES string of the molecule is CN=C1S/C(=C/C(=O)O)C(=O)N1CCc1c[nH]c2ccc(C)cc12. The van der Waals surface area contributed by atoms with Gasteiger partial charge < -0.3 is 10.1 Å². The Labute approximate surface area is 143 Å². The second-order valence-corrected chi connectivity index (χ2v) is 6.53. The number of aromatic amines is 1. The fraction of sp³-hybridized carbons (Fsp3) is 0.235. The molecule has 0 saturated carbocycles. The van der Waals surface area contributed by atoms with Gasteiger partial charge in [-0.2, -0.15) is 0 Å². The van der Waals surface area contributed by atoms with E-state index in [0.717, 1.165) is 34.3 Å². The number of H-pyrrole nitrogens is 1. The lowest BCUT2D eigenvalue weighted by Gasteiger charge is -2.14. The van der Waals surface area contributed by atoms with Gasteiger partial charge in [0.1, 0.15) is 0 Å². The molecule has 2 aromatic rings. The Morgan fingerprint density at radius 2 is 2.25 bits per heavy atom. The molecule has 1 aromatic carbocycles. The van der Waals surface area contributed by atoms with Gasteiger partial charge in [-0.3, -0.25) is 14.7 Å². The fourth-order valence-electron chi connectivity index (χ4n) is 2.72. The quantitative estimate of drug-likeness (QED) is 0.836. The van der Waals surface area contributed by atoms with Crippen molar-refractivity contribution in [2.24, 2.45) is 4.99 Å². The van der Waals surface area contributed by atoms with Gasteiger partial charge in [0.15, 0.2) is 5.17 Å². The maximum absolute atomic E-state index is 12.4. The average molecular weight is 343 g/mol. The Kier molecular flexibility index (Phi) is 4.44. The van der Waals surface area contributed by atoms with Crippen LogP contribution < -0.4 is 0 Å². The summed E-state index contributed by atoms with van der Waals surface area (Å²) < 4.78 is 0. The molecule has 1 amide bonds. The van der Waals surface area contributed by atoms with Crippen molar-refractivity contribution in [3.05, 3.63) is 46.5 Å². The lowest BCUT2D eigenvalue weighted by Crippen LogP contribution is -2.31. The van der Waals surface area contributed by atoms with Crippen LogP contribution >= 0.6 is 11.8 Å². The molecular formula is C17H17N3O3S. The number of aryl methyl sites for hydroxylation is 1. The van der Waals surface area contributed by atoms with Crippen LogP contribution in [0.2, 0.25) is 0 Å². The van der Waals surface area contributed by atoms with Gasteiger partial charge in [-0.05, 0) is 42.8 Å². The third-order valence-corrected chi connectivity index (χ3v) is 4.96. The molecule has 0 unspecified atom stereocenters. The van der Waals surface area contributed by atoms with Crippen molar-refractivity contribution in [1.82, 2.24) is 9.88 Å². The van der Waals surface area contributed by atoms with E-state index in [1.165, 1.54) is 10.5 Å². The van der Waals surface area contributed by atoms with Crippen molar-refractivity contribution in [3.63, 3.8) is 0 Å². The van der Waals surface area contributed by atoms with E-state index in [-0.39, 0.29) is 10.8 Å². The summed E-state index contributed by atoms with van der Waals surface area (Å²) in [6.07, 6.45) is 3.55. The molecule has 24 heavy (non-hydrogen) atoms. The first-order chi connectivity index (χ1) is 11.5. The first-order valence-electron chi connectivity index (χ1n) is 7.47. The van der Waals surface area contributed by atoms with E-state index in [2.05, 4.69) is 16.0 Å². The summed E-state index contributed by atoms with van der Waals surface area (Å²) in [7, 11) is 1.60. The number of carboxylic acids is 1. The van der Waals surface area contributed by atoms with E-state index in [4.69, 9.17) is 5.11 Å². The van der Waals surface area contributed by atoms with E-state index in [1.807, 2.05) is 25.3 Å². The molecule has 124 valence electrons. The van der Waals surface area contributed by atoms with Crippen LogP contribution in [0.15, 0.2) is 40.4 Å². The minimum atomic E-state index is -1.13. The van der Waals surface area contributed by atoms with Crippen molar-refractivity contribution in [1.29, 1.82) is 0 Å². The smallest absolute Gasteiger partial charge is 0.329 e. The summed E-state index contributed by atoms with van der Waals surface area (Å²) in [5, 5.41) is 10.5. The Bertz CT molecular complexity index is 882. The molecule has 0 atom stereocenters. The number of rotatable bonds is 4. The molecular weight excluding hydrogens is 326 g/mol. The Morgan fingerprint density at radius 3 is 2.96 bits per heavy atom. The average Bonchev–Trinajstić information content (AvgIpc) is 3.06. The minimum Gasteiger partial charge on any atom is -0.478 e. The molecule has 1 saturated heterocycles. The first kappa shape index (κ1) is 16.3. The third kappa shape index (κ3) is 3.07. The number of amidine groups is 1. The van der Waals surface area contributed by atoms with Gasteiger partial charge in [0.2, 0.25) is 0 Å². The number of hydrogen-bond acceptors (Lipinski definition) is 4. The van der Waals surface area contributed by atoms with Crippen LogP contribution in [0.25, 0.3) is 10.9 Å². The number of nitrogens with zero attached hydrogens (tertiary/aromatic N) is 2. The van der Waals surface area contributed by atoms with Crippen LogP contribution in [-0.2, 0) is 16.0 Å². The highest BCUT2D eigenvalue weighted by molar-refractivity contribution is 8.18. The molecule has 1 aliphatic heterocycles. The van der Waals surface area contributed by atoms with Gasteiger partial charge in [0.25, 0.3) is 5.91 Å². The van der Waals surface area contributed by atoms with Crippen LogP contribution in [0.4, 0.5) is 0 Å². The number of fused-ring (bicyclic) bond motifs is 1. The lowest BCUT2D eigenvalue weighted by molar-refractivity contribution is -0.132. The number of nitrogens with one attached hydrogen (secondary N) is 1. The molecule has 0 spiro atoms. The van der Waals surface area contributed by atoms with Crippen LogP contribution in [-0.4, -0.2) is 45.6 Å². The largest absolute Gasteiger partial charge is 0.478 e. The van der Waals surface area contributed by atoms with E-state index in [1.54, 1.807) is 7.05 Å². The first-order valence-corrected chi connectivity index (χ1v) is 8.29. The predicted molar refractivity (Wildman–Crippen MR) is 95.1 cm³/mol. The summed E-state index contributed by atoms with van der Waals surface area (Å²) in [5.74, 6) is -1.44. The highest BCUT2D eigenvalue weighted by Crippen LogP contribution is 2.31. The van der Waals surface area contributed by atoms with Gasteiger partial charge >= 0.3 is 5.97 Å². The Hall–Kier alpha value is -2.54. The normalized spacial score (nSPS) is 18.2. The van der Waals surface area contributed by atoms with Crippen molar-refractivity contribution in [2.75, 3.05) is 13.6 Å². The van der Waals surface area contributed by atoms with Crippen LogP contribution in [0.5, 0.6) is 0 Å². The number of carboxylic acid groups (broad SMARTS) is 1. The molecule has 2 N–H and O–H groups in total. The predicted octanol–water partition coefficient (Wildman–Crippen LogP) is 2.55. The summed E-state index contributed by atoms with van der Waals surface area (Å²) >= 11 is 1.10. The number of amides is 1. The second-order valence-electron chi connectivity index (χ2n) is 5.52. The molecule has 1 aliphatic rings. The minimum absolute atomic E-state index is 0.192. The Morgan fingerprint density at radius 1 is 1.46 bits per heavy atom. The number of thioether (sulfide) groups is 1. The van der Waals surface area contributed by atoms with Crippen LogP contribution in [0.3, 0.4) is 0 Å². The number of aromatic nitrogens is 1. The molecule has 0 aliphatic carbocycles. The lowest BCUT2D eigenvalue weighted by atomic mass is 10.1. The monoisotopic (exact) mass is 343 g/mol. The number of aliphatic imine (C=N–C) groups is 1. The molecule has 0 bridgehead atoms. The van der Waals surface area contributed by atoms with E-state index in [0.29, 0.717) is 18.1 Å². The molecule has 2 heterocycles. The topological polar surface area (TPSA) is 85.8 Å². The molecule has 1 fully saturated rings. The number of aliphatic carboxylic acids is 1. The van der Waals surface area contributed by atoms with Crippen LogP contribution in [0, 0.1) is 6.92 Å². The number of carbonyl (C=O) groups is 2. The van der Waals surface area contributed by atoms with E-state index in [9.17, 15) is 9.59 Å². The zero-order chi connectivity index (χ0) is 17.3. The van der Waals surface area contributed by atoms with Crippen molar-refractivity contribution in [3.8, 4) is 0 Å². The number of benzene rings is 1. The maximum atomic E-state index is 12.4. The second kappa shape index (κ2) is 6.52. The van der Waals surface area contributed by atoms with Crippen LogP contribution in [0.1, 0.15) is 11.1 Å². The molecule has 1 aromatic heterocycles. The molecule has 6 nitrogen and oxygen atoms in total. The zero-order valence-electron chi connectivity index (χ0n) is 13.4. The van der Waals surface area contributed by atoms with Gasteiger partial charge in [0.05, 0.1) is 4.91 Å². The molecule has 0 radical (unpaired) electrons. The number of hydrogen-bond donors (Lipinski definition) is 2. The van der Waals surface area contributed by atoms with E-state index >= 15 is 0 Å². The van der Waals surface area contributed by atoms with Gasteiger partial charge in [0, 0.05) is 36.8 Å². The summed E-state index contributed by atoms with van der Waals surface area (Å²) in [5.41, 5.74) is 3.37.